The second-order valence-corrected chi connectivity index (χ2v) is 12.1. The van der Waals surface area contributed by atoms with Crippen molar-refractivity contribution in [3.63, 3.8) is 0 Å². The molecule has 0 spiro atoms. The standard InChI is InChI=1S/C44H32FN/c1-44(37-15-9-4-10-16-37)40-29-35(31-11-5-2-6-12-31)21-27-42(40)46(39-25-19-34(20-26-39)33-17-23-38(45)24-18-33)43-28-22-36(30-41(43)44)32-13-7-3-8-14-32/h2-30H,1H3. The predicted octanol–water partition coefficient (Wildman–Crippen LogP) is 12.0. The summed E-state index contributed by atoms with van der Waals surface area (Å²) in [6.45, 7) is 2.37. The Kier molecular flexibility index (Phi) is 6.84. The molecule has 1 aliphatic rings. The predicted molar refractivity (Wildman–Crippen MR) is 189 cm³/mol. The molecule has 7 aromatic rings. The number of anilines is 3. The molecule has 0 N–H and O–H groups in total. The van der Waals surface area contributed by atoms with Crippen molar-refractivity contribution in [3.8, 4) is 33.4 Å². The van der Waals surface area contributed by atoms with Gasteiger partial charge in [0.05, 0.1) is 11.4 Å². The first-order chi connectivity index (χ1) is 22.6. The van der Waals surface area contributed by atoms with Crippen LogP contribution >= 0.6 is 0 Å². The van der Waals surface area contributed by atoms with Crippen LogP contribution < -0.4 is 4.90 Å². The van der Waals surface area contributed by atoms with Crippen LogP contribution in [0.2, 0.25) is 0 Å². The van der Waals surface area contributed by atoms with Crippen molar-refractivity contribution in [2.45, 2.75) is 12.3 Å². The first-order valence-electron chi connectivity index (χ1n) is 15.7. The van der Waals surface area contributed by atoms with Gasteiger partial charge in [0, 0.05) is 11.1 Å². The lowest BCUT2D eigenvalue weighted by molar-refractivity contribution is 0.628. The Labute approximate surface area is 269 Å². The van der Waals surface area contributed by atoms with E-state index in [1.807, 2.05) is 12.1 Å². The van der Waals surface area contributed by atoms with Gasteiger partial charge in [-0.15, -0.1) is 0 Å². The Balaban J connectivity index is 1.38. The van der Waals surface area contributed by atoms with E-state index in [0.717, 1.165) is 28.2 Å². The first-order valence-corrected chi connectivity index (χ1v) is 15.7. The van der Waals surface area contributed by atoms with Gasteiger partial charge in [-0.25, -0.2) is 4.39 Å². The van der Waals surface area contributed by atoms with E-state index in [1.165, 1.54) is 51.1 Å². The number of nitrogens with zero attached hydrogens (tertiary/aromatic N) is 1. The number of halogens is 1. The third-order valence-corrected chi connectivity index (χ3v) is 9.42. The molecule has 8 rings (SSSR count). The molecule has 1 nitrogen and oxygen atoms in total. The molecule has 1 aliphatic heterocycles. The van der Waals surface area contributed by atoms with Crippen molar-refractivity contribution in [3.05, 3.63) is 198 Å². The van der Waals surface area contributed by atoms with Crippen molar-refractivity contribution in [1.29, 1.82) is 0 Å². The van der Waals surface area contributed by atoms with Crippen LogP contribution in [0.25, 0.3) is 33.4 Å². The molecule has 0 bridgehead atoms. The molecule has 0 aliphatic carbocycles. The molecule has 7 aromatic carbocycles. The van der Waals surface area contributed by atoms with E-state index in [0.29, 0.717) is 0 Å². The summed E-state index contributed by atoms with van der Waals surface area (Å²) in [5, 5.41) is 0. The molecule has 0 atom stereocenters. The van der Waals surface area contributed by atoms with Gasteiger partial charge in [-0.3, -0.25) is 0 Å². The molecule has 0 saturated heterocycles. The smallest absolute Gasteiger partial charge is 0.123 e. The van der Waals surface area contributed by atoms with Crippen LogP contribution in [0.3, 0.4) is 0 Å². The summed E-state index contributed by atoms with van der Waals surface area (Å²) in [6, 6.07) is 61.2. The van der Waals surface area contributed by atoms with Crippen molar-refractivity contribution in [1.82, 2.24) is 0 Å². The molecule has 0 fully saturated rings. The Morgan fingerprint density at radius 2 is 0.804 bits per heavy atom. The summed E-state index contributed by atoms with van der Waals surface area (Å²) < 4.78 is 13.6. The highest BCUT2D eigenvalue weighted by molar-refractivity contribution is 5.90. The fraction of sp³-hybridized carbons (Fsp3) is 0.0455. The van der Waals surface area contributed by atoms with Gasteiger partial charge in [0.2, 0.25) is 0 Å². The first kappa shape index (κ1) is 27.8. The summed E-state index contributed by atoms with van der Waals surface area (Å²) in [7, 11) is 0. The minimum Gasteiger partial charge on any atom is -0.310 e. The quantitative estimate of drug-likeness (QED) is 0.192. The third-order valence-electron chi connectivity index (χ3n) is 9.42. The average molecular weight is 594 g/mol. The Hall–Kier alpha value is -5.73. The van der Waals surface area contributed by atoms with Crippen molar-refractivity contribution < 1.29 is 4.39 Å². The summed E-state index contributed by atoms with van der Waals surface area (Å²) in [4.78, 5) is 2.40. The molecule has 0 radical (unpaired) electrons. The van der Waals surface area contributed by atoms with Gasteiger partial charge in [-0.2, -0.15) is 0 Å². The van der Waals surface area contributed by atoms with Crippen LogP contribution in [0, 0.1) is 5.82 Å². The minimum absolute atomic E-state index is 0.229. The Bertz CT molecular complexity index is 2040. The van der Waals surface area contributed by atoms with Crippen molar-refractivity contribution in [2.24, 2.45) is 0 Å². The average Bonchev–Trinajstić information content (AvgIpc) is 3.13. The van der Waals surface area contributed by atoms with E-state index in [4.69, 9.17) is 0 Å². The van der Waals surface area contributed by atoms with Crippen LogP contribution in [0.5, 0.6) is 0 Å². The number of hydrogen-bond donors (Lipinski definition) is 0. The number of rotatable bonds is 5. The topological polar surface area (TPSA) is 3.24 Å². The lowest BCUT2D eigenvalue weighted by Crippen LogP contribution is -2.34. The number of benzene rings is 7. The molecular weight excluding hydrogens is 561 g/mol. The van der Waals surface area contributed by atoms with Gasteiger partial charge < -0.3 is 4.90 Å². The molecule has 1 heterocycles. The fourth-order valence-corrected chi connectivity index (χ4v) is 6.96. The maximum Gasteiger partial charge on any atom is 0.123 e. The second kappa shape index (κ2) is 11.3. The highest BCUT2D eigenvalue weighted by atomic mass is 19.1. The summed E-state index contributed by atoms with van der Waals surface area (Å²) in [6.07, 6.45) is 0. The maximum atomic E-state index is 13.6. The Morgan fingerprint density at radius 3 is 1.28 bits per heavy atom. The van der Waals surface area contributed by atoms with Crippen LogP contribution in [0.1, 0.15) is 23.6 Å². The summed E-state index contributed by atoms with van der Waals surface area (Å²) in [5.74, 6) is -0.229. The molecule has 46 heavy (non-hydrogen) atoms. The highest BCUT2D eigenvalue weighted by Crippen LogP contribution is 2.56. The summed E-state index contributed by atoms with van der Waals surface area (Å²) in [5.41, 5.74) is 13.5. The number of hydrogen-bond acceptors (Lipinski definition) is 1. The molecule has 220 valence electrons. The zero-order valence-corrected chi connectivity index (χ0v) is 25.6. The summed E-state index contributed by atoms with van der Waals surface area (Å²) >= 11 is 0. The SMILES string of the molecule is CC1(c2ccccc2)c2cc(-c3ccccc3)ccc2N(c2ccc(-c3ccc(F)cc3)cc2)c2ccc(-c3ccccc3)cc21. The van der Waals surface area contributed by atoms with E-state index >= 15 is 0 Å². The van der Waals surface area contributed by atoms with Gasteiger partial charge in [0.25, 0.3) is 0 Å². The highest BCUT2D eigenvalue weighted by Gasteiger charge is 2.42. The normalized spacial score (nSPS) is 13.1. The van der Waals surface area contributed by atoms with Crippen molar-refractivity contribution in [2.75, 3.05) is 4.90 Å². The zero-order valence-electron chi connectivity index (χ0n) is 25.6. The largest absolute Gasteiger partial charge is 0.310 e. The molecule has 0 aromatic heterocycles. The Morgan fingerprint density at radius 1 is 0.413 bits per heavy atom. The molecule has 0 amide bonds. The van der Waals surface area contributed by atoms with Crippen LogP contribution in [-0.4, -0.2) is 0 Å². The van der Waals surface area contributed by atoms with E-state index in [1.54, 1.807) is 0 Å². The fourth-order valence-electron chi connectivity index (χ4n) is 6.96. The van der Waals surface area contributed by atoms with Gasteiger partial charge in [-0.1, -0.05) is 127 Å². The lowest BCUT2D eigenvalue weighted by Gasteiger charge is -2.44. The van der Waals surface area contributed by atoms with Crippen molar-refractivity contribution >= 4 is 17.1 Å². The second-order valence-electron chi connectivity index (χ2n) is 12.1. The van der Waals surface area contributed by atoms with Gasteiger partial charge in [0.1, 0.15) is 5.82 Å². The number of fused-ring (bicyclic) bond motifs is 2. The monoisotopic (exact) mass is 593 g/mol. The van der Waals surface area contributed by atoms with Gasteiger partial charge in [0.15, 0.2) is 0 Å². The molecule has 2 heteroatoms. The van der Waals surface area contributed by atoms with E-state index in [-0.39, 0.29) is 5.82 Å². The van der Waals surface area contributed by atoms with Crippen LogP contribution in [0.4, 0.5) is 21.5 Å². The van der Waals surface area contributed by atoms with Crippen LogP contribution in [-0.2, 0) is 5.41 Å². The van der Waals surface area contributed by atoms with Gasteiger partial charge in [-0.05, 0) is 106 Å². The molecule has 0 unspecified atom stereocenters. The third kappa shape index (κ3) is 4.71. The van der Waals surface area contributed by atoms with E-state index in [2.05, 4.69) is 163 Å². The molecule has 0 saturated carbocycles. The minimum atomic E-state index is -0.425. The zero-order chi connectivity index (χ0) is 31.1. The van der Waals surface area contributed by atoms with E-state index in [9.17, 15) is 4.39 Å². The lowest BCUT2D eigenvalue weighted by atomic mass is 9.66. The molecular formula is C44H32FN. The van der Waals surface area contributed by atoms with E-state index < -0.39 is 5.41 Å². The van der Waals surface area contributed by atoms with Gasteiger partial charge >= 0.3 is 0 Å². The van der Waals surface area contributed by atoms with Crippen LogP contribution in [0.15, 0.2) is 176 Å². The maximum absolute atomic E-state index is 13.6.